The van der Waals surface area contributed by atoms with E-state index in [9.17, 15) is 9.18 Å². The molecule has 3 rings (SSSR count). The van der Waals surface area contributed by atoms with Gasteiger partial charge >= 0.3 is 0 Å². The van der Waals surface area contributed by atoms with E-state index in [2.05, 4.69) is 0 Å². The minimum Gasteiger partial charge on any atom is -0.488 e. The Balaban J connectivity index is 1.62. The summed E-state index contributed by atoms with van der Waals surface area (Å²) in [5.41, 5.74) is 1.47. The molecule has 0 amide bonds. The van der Waals surface area contributed by atoms with E-state index in [1.54, 1.807) is 30.3 Å². The SMILES string of the molecule is O=Cc1ccccc1OCc1ccc(Oc2ccc(F)cc2)cc1. The fourth-order valence-corrected chi connectivity index (χ4v) is 2.16. The maximum Gasteiger partial charge on any atom is 0.153 e. The average molecular weight is 322 g/mol. The van der Waals surface area contributed by atoms with Crippen molar-refractivity contribution in [2.24, 2.45) is 0 Å². The van der Waals surface area contributed by atoms with Gasteiger partial charge in [-0.3, -0.25) is 4.79 Å². The molecule has 120 valence electrons. The molecule has 0 aliphatic carbocycles. The summed E-state index contributed by atoms with van der Waals surface area (Å²) in [4.78, 5) is 11.0. The number of carbonyl (C=O) groups excluding carboxylic acids is 1. The Morgan fingerprint density at radius 1 is 0.833 bits per heavy atom. The molecule has 24 heavy (non-hydrogen) atoms. The number of rotatable bonds is 6. The molecule has 0 heterocycles. The first-order valence-electron chi connectivity index (χ1n) is 7.44. The maximum atomic E-state index is 12.9. The second-order valence-electron chi connectivity index (χ2n) is 5.14. The number of para-hydroxylation sites is 1. The van der Waals surface area contributed by atoms with Crippen molar-refractivity contribution in [2.75, 3.05) is 0 Å². The summed E-state index contributed by atoms with van der Waals surface area (Å²) in [6.45, 7) is 0.349. The monoisotopic (exact) mass is 322 g/mol. The van der Waals surface area contributed by atoms with Crippen molar-refractivity contribution >= 4 is 6.29 Å². The Bertz CT molecular complexity index is 811. The van der Waals surface area contributed by atoms with Gasteiger partial charge in [-0.2, -0.15) is 0 Å². The molecule has 0 aromatic heterocycles. The van der Waals surface area contributed by atoms with E-state index in [1.165, 1.54) is 12.1 Å². The summed E-state index contributed by atoms with van der Waals surface area (Å²) >= 11 is 0. The van der Waals surface area contributed by atoms with E-state index < -0.39 is 0 Å². The van der Waals surface area contributed by atoms with Gasteiger partial charge in [0.05, 0.1) is 5.56 Å². The predicted octanol–water partition coefficient (Wildman–Crippen LogP) is 5.01. The zero-order valence-electron chi connectivity index (χ0n) is 12.8. The molecule has 0 aliphatic rings. The number of ether oxygens (including phenoxy) is 2. The van der Waals surface area contributed by atoms with Crippen molar-refractivity contribution in [3.05, 3.63) is 89.7 Å². The first kappa shape index (κ1) is 15.7. The number of hydrogen-bond acceptors (Lipinski definition) is 3. The normalized spacial score (nSPS) is 10.2. The molecule has 0 spiro atoms. The number of carbonyl (C=O) groups is 1. The van der Waals surface area contributed by atoms with Crippen LogP contribution in [0, 0.1) is 5.82 Å². The molecule has 0 aliphatic heterocycles. The summed E-state index contributed by atoms with van der Waals surface area (Å²) in [6.07, 6.45) is 0.773. The van der Waals surface area contributed by atoms with Gasteiger partial charge in [0, 0.05) is 0 Å². The molecule has 3 aromatic rings. The second-order valence-corrected chi connectivity index (χ2v) is 5.14. The average Bonchev–Trinajstić information content (AvgIpc) is 2.63. The highest BCUT2D eigenvalue weighted by molar-refractivity contribution is 5.79. The summed E-state index contributed by atoms with van der Waals surface area (Å²) < 4.78 is 24.2. The van der Waals surface area contributed by atoms with Gasteiger partial charge in [-0.25, -0.2) is 4.39 Å². The lowest BCUT2D eigenvalue weighted by atomic mass is 10.2. The third-order valence-corrected chi connectivity index (χ3v) is 3.41. The van der Waals surface area contributed by atoms with Crippen molar-refractivity contribution in [1.29, 1.82) is 0 Å². The molecule has 0 radical (unpaired) electrons. The second kappa shape index (κ2) is 7.42. The molecule has 0 N–H and O–H groups in total. The number of halogens is 1. The topological polar surface area (TPSA) is 35.5 Å². The van der Waals surface area contributed by atoms with Crippen LogP contribution in [-0.2, 0) is 6.61 Å². The summed E-state index contributed by atoms with van der Waals surface area (Å²) in [5, 5.41) is 0. The van der Waals surface area contributed by atoms with E-state index in [0.717, 1.165) is 11.8 Å². The number of benzene rings is 3. The van der Waals surface area contributed by atoms with Crippen LogP contribution in [0.5, 0.6) is 17.2 Å². The van der Waals surface area contributed by atoms with E-state index in [-0.39, 0.29) is 5.82 Å². The van der Waals surface area contributed by atoms with Gasteiger partial charge in [-0.05, 0) is 54.1 Å². The molecular formula is C20H15FO3. The lowest BCUT2D eigenvalue weighted by Gasteiger charge is -2.09. The Hall–Kier alpha value is -3.14. The Labute approximate surface area is 139 Å². The summed E-state index contributed by atoms with van der Waals surface area (Å²) in [6, 6.07) is 20.3. The van der Waals surface area contributed by atoms with Crippen molar-refractivity contribution < 1.29 is 18.7 Å². The van der Waals surface area contributed by atoms with E-state index in [4.69, 9.17) is 9.47 Å². The minimum absolute atomic E-state index is 0.301. The third kappa shape index (κ3) is 3.98. The highest BCUT2D eigenvalue weighted by atomic mass is 19.1. The fourth-order valence-electron chi connectivity index (χ4n) is 2.16. The van der Waals surface area contributed by atoms with Gasteiger partial charge in [-0.1, -0.05) is 24.3 Å². The lowest BCUT2D eigenvalue weighted by molar-refractivity contribution is 0.111. The van der Waals surface area contributed by atoms with Crippen molar-refractivity contribution in [3.8, 4) is 17.2 Å². The molecule has 0 saturated heterocycles. The zero-order chi connectivity index (χ0) is 16.8. The highest BCUT2D eigenvalue weighted by Crippen LogP contribution is 2.23. The molecule has 3 aromatic carbocycles. The maximum absolute atomic E-state index is 12.9. The van der Waals surface area contributed by atoms with Crippen LogP contribution in [0.2, 0.25) is 0 Å². The quantitative estimate of drug-likeness (QED) is 0.598. The first-order valence-corrected chi connectivity index (χ1v) is 7.44. The molecule has 0 saturated carbocycles. The number of aldehydes is 1. The van der Waals surface area contributed by atoms with Gasteiger partial charge in [0.25, 0.3) is 0 Å². The van der Waals surface area contributed by atoms with Crippen LogP contribution < -0.4 is 9.47 Å². The van der Waals surface area contributed by atoms with Crippen molar-refractivity contribution in [1.82, 2.24) is 0 Å². The Morgan fingerprint density at radius 2 is 1.46 bits per heavy atom. The van der Waals surface area contributed by atoms with Crippen LogP contribution in [0.4, 0.5) is 4.39 Å². The largest absolute Gasteiger partial charge is 0.488 e. The van der Waals surface area contributed by atoms with Gasteiger partial charge in [0.2, 0.25) is 0 Å². The smallest absolute Gasteiger partial charge is 0.153 e. The Morgan fingerprint density at radius 3 is 2.12 bits per heavy atom. The molecule has 0 atom stereocenters. The summed E-state index contributed by atoms with van der Waals surface area (Å²) in [5.74, 6) is 1.48. The van der Waals surface area contributed by atoms with Gasteiger partial charge in [-0.15, -0.1) is 0 Å². The summed E-state index contributed by atoms with van der Waals surface area (Å²) in [7, 11) is 0. The lowest BCUT2D eigenvalue weighted by Crippen LogP contribution is -1.98. The highest BCUT2D eigenvalue weighted by Gasteiger charge is 2.03. The zero-order valence-corrected chi connectivity index (χ0v) is 12.8. The van der Waals surface area contributed by atoms with Crippen molar-refractivity contribution in [2.45, 2.75) is 6.61 Å². The predicted molar refractivity (Wildman–Crippen MR) is 89.1 cm³/mol. The first-order chi connectivity index (χ1) is 11.7. The number of hydrogen-bond donors (Lipinski definition) is 0. The minimum atomic E-state index is -0.301. The molecule has 4 heteroatoms. The van der Waals surface area contributed by atoms with E-state index in [1.807, 2.05) is 30.3 Å². The third-order valence-electron chi connectivity index (χ3n) is 3.41. The molecule has 0 fully saturated rings. The molecule has 0 unspecified atom stereocenters. The van der Waals surface area contributed by atoms with Crippen LogP contribution in [-0.4, -0.2) is 6.29 Å². The standard InChI is InChI=1S/C20H15FO3/c21-17-7-11-19(12-8-17)24-18-9-5-15(6-10-18)14-23-20-4-2-1-3-16(20)13-22/h1-13H,14H2. The van der Waals surface area contributed by atoms with Gasteiger partial charge < -0.3 is 9.47 Å². The van der Waals surface area contributed by atoms with E-state index in [0.29, 0.717) is 29.4 Å². The fraction of sp³-hybridized carbons (Fsp3) is 0.0500. The van der Waals surface area contributed by atoms with Gasteiger partial charge in [0.1, 0.15) is 29.7 Å². The van der Waals surface area contributed by atoms with Crippen LogP contribution in [0.15, 0.2) is 72.8 Å². The van der Waals surface area contributed by atoms with Crippen LogP contribution in [0.1, 0.15) is 15.9 Å². The van der Waals surface area contributed by atoms with E-state index >= 15 is 0 Å². The van der Waals surface area contributed by atoms with Crippen LogP contribution >= 0.6 is 0 Å². The van der Waals surface area contributed by atoms with Crippen molar-refractivity contribution in [3.63, 3.8) is 0 Å². The molecular weight excluding hydrogens is 307 g/mol. The van der Waals surface area contributed by atoms with Crippen LogP contribution in [0.25, 0.3) is 0 Å². The van der Waals surface area contributed by atoms with Crippen LogP contribution in [0.3, 0.4) is 0 Å². The Kier molecular flexibility index (Phi) is 4.87. The van der Waals surface area contributed by atoms with Gasteiger partial charge in [0.15, 0.2) is 6.29 Å². The molecule has 3 nitrogen and oxygen atoms in total. The molecule has 0 bridgehead atoms.